The highest BCUT2D eigenvalue weighted by molar-refractivity contribution is 8.01. The predicted octanol–water partition coefficient (Wildman–Crippen LogP) is 5.30. The molecule has 1 N–H and O–H groups in total. The number of carbonyl (C=O) groups is 1. The second-order valence-corrected chi connectivity index (χ2v) is 8.06. The summed E-state index contributed by atoms with van der Waals surface area (Å²) < 4.78 is 0.793. The van der Waals surface area contributed by atoms with Gasteiger partial charge in [-0.25, -0.2) is 0 Å². The molecule has 0 aliphatic rings. The van der Waals surface area contributed by atoms with E-state index in [-0.39, 0.29) is 11.0 Å². The number of aromatic nitrogens is 3. The molecule has 0 aliphatic heterocycles. The van der Waals surface area contributed by atoms with Gasteiger partial charge in [0.2, 0.25) is 0 Å². The minimum absolute atomic E-state index is 0.0795. The van der Waals surface area contributed by atoms with Crippen LogP contribution in [0.1, 0.15) is 33.7 Å². The molecule has 1 unspecified atom stereocenters. The quantitative estimate of drug-likeness (QED) is 0.365. The smallest absolute Gasteiger partial charge is 0.182 e. The van der Waals surface area contributed by atoms with Crippen molar-refractivity contribution in [2.75, 3.05) is 0 Å². The Labute approximate surface area is 159 Å². The van der Waals surface area contributed by atoms with Crippen LogP contribution in [0.2, 0.25) is 0 Å². The highest BCUT2D eigenvalue weighted by atomic mass is 32.2. The fourth-order valence-corrected chi connectivity index (χ4v) is 4.81. The molecule has 0 radical (unpaired) electrons. The summed E-state index contributed by atoms with van der Waals surface area (Å²) in [5.41, 5.74) is 5.65. The first-order valence-electron chi connectivity index (χ1n) is 8.39. The molecular formula is C20H17N3OS2. The zero-order chi connectivity index (χ0) is 17.9. The van der Waals surface area contributed by atoms with Crippen molar-refractivity contribution >= 4 is 39.8 Å². The van der Waals surface area contributed by atoms with Gasteiger partial charge in [0.05, 0.1) is 0 Å². The number of fused-ring (bicyclic) bond motifs is 1. The van der Waals surface area contributed by atoms with Crippen molar-refractivity contribution < 1.29 is 4.79 Å². The normalized spacial score (nSPS) is 12.3. The summed E-state index contributed by atoms with van der Waals surface area (Å²) in [6, 6.07) is 16.0. The molecule has 0 saturated heterocycles. The maximum atomic E-state index is 13.5. The Balaban J connectivity index is 1.77. The van der Waals surface area contributed by atoms with Gasteiger partial charge in [-0.05, 0) is 17.5 Å². The van der Waals surface area contributed by atoms with Crippen molar-refractivity contribution in [1.82, 2.24) is 15.2 Å². The van der Waals surface area contributed by atoms with Gasteiger partial charge in [-0.1, -0.05) is 78.6 Å². The Morgan fingerprint density at radius 3 is 2.77 bits per heavy atom. The molecule has 0 spiro atoms. The van der Waals surface area contributed by atoms with E-state index in [2.05, 4.69) is 28.2 Å². The zero-order valence-corrected chi connectivity index (χ0v) is 15.8. The average Bonchev–Trinajstić information content (AvgIpc) is 3.35. The maximum absolute atomic E-state index is 13.5. The largest absolute Gasteiger partial charge is 0.360 e. The molecule has 2 heterocycles. The van der Waals surface area contributed by atoms with Gasteiger partial charge in [0.1, 0.15) is 10.8 Å². The first-order chi connectivity index (χ1) is 12.8. The molecule has 4 aromatic rings. The zero-order valence-electron chi connectivity index (χ0n) is 14.2. The van der Waals surface area contributed by atoms with E-state index >= 15 is 0 Å². The summed E-state index contributed by atoms with van der Waals surface area (Å²) in [4.78, 5) is 16.8. The molecule has 4 nitrogen and oxygen atoms in total. The number of para-hydroxylation sites is 1. The Morgan fingerprint density at radius 2 is 2.04 bits per heavy atom. The topological polar surface area (TPSA) is 58.6 Å². The van der Waals surface area contributed by atoms with Crippen LogP contribution in [0.4, 0.5) is 0 Å². The van der Waals surface area contributed by atoms with Gasteiger partial charge in [-0.3, -0.25) is 4.79 Å². The molecule has 26 heavy (non-hydrogen) atoms. The number of nitrogens with zero attached hydrogens (tertiary/aromatic N) is 2. The number of thioether (sulfide) groups is 1. The molecule has 6 heteroatoms. The van der Waals surface area contributed by atoms with Gasteiger partial charge in [-0.2, -0.15) is 0 Å². The molecule has 2 aromatic carbocycles. The maximum Gasteiger partial charge on any atom is 0.182 e. The molecule has 0 saturated carbocycles. The molecule has 0 aliphatic carbocycles. The fourth-order valence-electron chi connectivity index (χ4n) is 3.07. The van der Waals surface area contributed by atoms with Gasteiger partial charge < -0.3 is 4.98 Å². The van der Waals surface area contributed by atoms with Crippen molar-refractivity contribution in [3.8, 4) is 0 Å². The molecular weight excluding hydrogens is 362 g/mol. The van der Waals surface area contributed by atoms with Crippen molar-refractivity contribution in [2.24, 2.45) is 0 Å². The third-order valence-electron chi connectivity index (χ3n) is 4.35. The number of nitrogens with one attached hydrogen (secondary N) is 1. The van der Waals surface area contributed by atoms with Gasteiger partial charge >= 0.3 is 0 Å². The first kappa shape index (κ1) is 17.0. The van der Waals surface area contributed by atoms with E-state index in [1.807, 2.05) is 48.7 Å². The highest BCUT2D eigenvalue weighted by Crippen LogP contribution is 2.39. The van der Waals surface area contributed by atoms with Crippen LogP contribution in [0.15, 0.2) is 64.6 Å². The molecule has 0 amide bonds. The van der Waals surface area contributed by atoms with E-state index < -0.39 is 0 Å². The minimum Gasteiger partial charge on any atom is -0.360 e. The highest BCUT2D eigenvalue weighted by Gasteiger charge is 2.26. The summed E-state index contributed by atoms with van der Waals surface area (Å²) >= 11 is 2.91. The number of H-pyrrole nitrogens is 1. The standard InChI is InChI=1S/C20H17N3OS2/c1-2-13-9-6-10-15-16(11-21-17(13)15)18(24)19(14-7-4-3-5-8-14)26-20-23-22-12-25-20/h3-12,19,21H,2H2,1H3. The second-order valence-electron chi connectivity index (χ2n) is 5.87. The SMILES string of the molecule is CCc1cccc2c(C(=O)C(Sc3nncs3)c3ccccc3)c[nH]c12. The van der Waals surface area contributed by atoms with Gasteiger partial charge in [0.15, 0.2) is 10.1 Å². The predicted molar refractivity (Wildman–Crippen MR) is 107 cm³/mol. The Bertz CT molecular complexity index is 1030. The third-order valence-corrected chi connectivity index (χ3v) is 6.41. The lowest BCUT2D eigenvalue weighted by molar-refractivity contribution is 0.0991. The molecule has 0 bridgehead atoms. The fraction of sp³-hybridized carbons (Fsp3) is 0.150. The monoisotopic (exact) mass is 379 g/mol. The number of benzene rings is 2. The number of ketones is 1. The number of hydrogen-bond acceptors (Lipinski definition) is 5. The van der Waals surface area contributed by atoms with Gasteiger partial charge in [0.25, 0.3) is 0 Å². The average molecular weight is 380 g/mol. The number of Topliss-reactive ketones (excluding diaryl/α,β-unsaturated/α-hetero) is 1. The van der Waals surface area contributed by atoms with E-state index in [0.29, 0.717) is 0 Å². The second kappa shape index (κ2) is 7.43. The van der Waals surface area contributed by atoms with E-state index in [9.17, 15) is 4.79 Å². The lowest BCUT2D eigenvalue weighted by atomic mass is 10.0. The van der Waals surface area contributed by atoms with E-state index in [4.69, 9.17) is 0 Å². The first-order valence-corrected chi connectivity index (χ1v) is 10.1. The van der Waals surface area contributed by atoms with Crippen molar-refractivity contribution in [2.45, 2.75) is 22.9 Å². The Morgan fingerprint density at radius 1 is 1.19 bits per heavy atom. The summed E-state index contributed by atoms with van der Waals surface area (Å²) in [6.45, 7) is 2.12. The van der Waals surface area contributed by atoms with Gasteiger partial charge in [0, 0.05) is 22.7 Å². The molecule has 130 valence electrons. The van der Waals surface area contributed by atoms with Crippen LogP contribution in [0.3, 0.4) is 0 Å². The summed E-state index contributed by atoms with van der Waals surface area (Å²) in [6.07, 6.45) is 2.76. The molecule has 0 fully saturated rings. The Kier molecular flexibility index (Phi) is 4.86. The van der Waals surface area contributed by atoms with Crippen LogP contribution in [0.5, 0.6) is 0 Å². The van der Waals surface area contributed by atoms with Crippen LogP contribution in [-0.4, -0.2) is 21.0 Å². The molecule has 1 atom stereocenters. The number of rotatable bonds is 6. The lowest BCUT2D eigenvalue weighted by Crippen LogP contribution is -2.09. The molecule has 4 rings (SSSR count). The van der Waals surface area contributed by atoms with Crippen molar-refractivity contribution in [3.63, 3.8) is 0 Å². The van der Waals surface area contributed by atoms with E-state index in [1.165, 1.54) is 28.7 Å². The van der Waals surface area contributed by atoms with Crippen LogP contribution < -0.4 is 0 Å². The Hall–Kier alpha value is -2.44. The van der Waals surface area contributed by atoms with Crippen LogP contribution in [0.25, 0.3) is 10.9 Å². The van der Waals surface area contributed by atoms with E-state index in [0.717, 1.165) is 32.8 Å². The minimum atomic E-state index is -0.353. The molecule has 2 aromatic heterocycles. The van der Waals surface area contributed by atoms with Crippen LogP contribution >= 0.6 is 23.1 Å². The van der Waals surface area contributed by atoms with Crippen LogP contribution in [-0.2, 0) is 6.42 Å². The van der Waals surface area contributed by atoms with Gasteiger partial charge in [-0.15, -0.1) is 10.2 Å². The lowest BCUT2D eigenvalue weighted by Gasteiger charge is -2.14. The third kappa shape index (κ3) is 3.18. The van der Waals surface area contributed by atoms with E-state index in [1.54, 1.807) is 5.51 Å². The summed E-state index contributed by atoms with van der Waals surface area (Å²) in [5, 5.41) is 8.63. The number of hydrogen-bond donors (Lipinski definition) is 1. The summed E-state index contributed by atoms with van der Waals surface area (Å²) in [5.74, 6) is 0.0795. The number of aryl methyl sites for hydroxylation is 1. The number of carbonyl (C=O) groups excluding carboxylic acids is 1. The van der Waals surface area contributed by atoms with Crippen molar-refractivity contribution in [1.29, 1.82) is 0 Å². The van der Waals surface area contributed by atoms with Crippen LogP contribution in [0, 0.1) is 0 Å². The van der Waals surface area contributed by atoms with Crippen molar-refractivity contribution in [3.05, 3.63) is 76.9 Å². The number of aromatic amines is 1. The summed E-state index contributed by atoms with van der Waals surface area (Å²) in [7, 11) is 0.